The molecule has 1 N–H and O–H groups in total. The van der Waals surface area contributed by atoms with E-state index in [9.17, 15) is 4.79 Å². The predicted molar refractivity (Wildman–Crippen MR) is 147 cm³/mol. The molecule has 0 atom stereocenters. The first-order chi connectivity index (χ1) is 18.2. The summed E-state index contributed by atoms with van der Waals surface area (Å²) in [7, 11) is 0. The topological polar surface area (TPSA) is 98.1 Å². The summed E-state index contributed by atoms with van der Waals surface area (Å²) >= 11 is 0. The quantitative estimate of drug-likeness (QED) is 0.350. The lowest BCUT2D eigenvalue weighted by atomic mass is 9.87. The summed E-state index contributed by atoms with van der Waals surface area (Å²) in [6, 6.07) is 4.51. The molecule has 4 aromatic rings. The summed E-state index contributed by atoms with van der Waals surface area (Å²) in [4.78, 5) is 32.9. The fourth-order valence-electron chi connectivity index (χ4n) is 5.70. The van der Waals surface area contributed by atoms with Crippen LogP contribution in [0, 0.1) is 5.92 Å². The van der Waals surface area contributed by atoms with E-state index in [4.69, 9.17) is 9.72 Å². The Labute approximate surface area is 222 Å². The zero-order valence-electron chi connectivity index (χ0n) is 22.6. The van der Waals surface area contributed by atoms with Crippen LogP contribution in [0.25, 0.3) is 21.9 Å². The summed E-state index contributed by atoms with van der Waals surface area (Å²) in [5, 5.41) is 5.51. The van der Waals surface area contributed by atoms with Crippen molar-refractivity contribution in [1.82, 2.24) is 29.4 Å². The van der Waals surface area contributed by atoms with Gasteiger partial charge in [-0.1, -0.05) is 6.92 Å². The lowest BCUT2D eigenvalue weighted by Gasteiger charge is -2.31. The third-order valence-electron chi connectivity index (χ3n) is 7.68. The van der Waals surface area contributed by atoms with Gasteiger partial charge in [0.25, 0.3) is 0 Å². The maximum Gasteiger partial charge on any atom is 0.410 e. The Bertz CT molecular complexity index is 1500. The van der Waals surface area contributed by atoms with Gasteiger partial charge in [0.1, 0.15) is 17.1 Å². The molecule has 1 aliphatic carbocycles. The molecule has 2 aliphatic rings. The van der Waals surface area contributed by atoms with Crippen LogP contribution in [0.5, 0.6) is 0 Å². The molecule has 1 fully saturated rings. The van der Waals surface area contributed by atoms with Crippen LogP contribution >= 0.6 is 0 Å². The van der Waals surface area contributed by atoms with Crippen molar-refractivity contribution >= 4 is 39.8 Å². The molecule has 9 nitrogen and oxygen atoms in total. The number of ether oxygens (including phenoxy) is 1. The minimum atomic E-state index is -0.512. The molecule has 0 radical (unpaired) electrons. The Balaban J connectivity index is 1.26. The Morgan fingerprint density at radius 1 is 1.05 bits per heavy atom. The van der Waals surface area contributed by atoms with Crippen molar-refractivity contribution in [3.63, 3.8) is 0 Å². The highest BCUT2D eigenvalue weighted by Gasteiger charge is 2.27. The van der Waals surface area contributed by atoms with Gasteiger partial charge >= 0.3 is 6.09 Å². The van der Waals surface area contributed by atoms with Gasteiger partial charge in [0.15, 0.2) is 0 Å². The molecule has 1 amide bonds. The Morgan fingerprint density at radius 2 is 1.87 bits per heavy atom. The van der Waals surface area contributed by atoms with E-state index in [1.807, 2.05) is 51.6 Å². The second-order valence-corrected chi connectivity index (χ2v) is 11.7. The number of pyridine rings is 2. The van der Waals surface area contributed by atoms with Crippen LogP contribution in [0.15, 0.2) is 36.9 Å². The molecule has 0 spiro atoms. The van der Waals surface area contributed by atoms with E-state index in [0.717, 1.165) is 52.7 Å². The number of anilines is 2. The molecule has 0 unspecified atom stereocenters. The highest BCUT2D eigenvalue weighted by Crippen LogP contribution is 2.38. The average Bonchev–Trinajstić information content (AvgIpc) is 3.21. The van der Waals surface area contributed by atoms with E-state index >= 15 is 0 Å². The van der Waals surface area contributed by atoms with Crippen LogP contribution in [-0.2, 0) is 17.7 Å². The number of carbonyl (C=O) groups excluding carboxylic acids is 1. The molecule has 0 bridgehead atoms. The number of carbonyl (C=O) groups is 1. The van der Waals surface area contributed by atoms with E-state index in [2.05, 4.69) is 37.8 Å². The van der Waals surface area contributed by atoms with Gasteiger partial charge in [0.2, 0.25) is 5.95 Å². The maximum absolute atomic E-state index is 12.5. The van der Waals surface area contributed by atoms with Crippen LogP contribution in [-0.4, -0.2) is 47.6 Å². The van der Waals surface area contributed by atoms with E-state index < -0.39 is 5.60 Å². The molecule has 0 aromatic carbocycles. The van der Waals surface area contributed by atoms with Gasteiger partial charge in [-0.2, -0.15) is 4.98 Å². The number of amides is 1. The van der Waals surface area contributed by atoms with Crippen molar-refractivity contribution in [2.24, 2.45) is 5.92 Å². The van der Waals surface area contributed by atoms with Crippen molar-refractivity contribution in [3.8, 4) is 0 Å². The molecule has 4 aromatic heterocycles. The molecule has 5 heterocycles. The van der Waals surface area contributed by atoms with Crippen molar-refractivity contribution in [1.29, 1.82) is 0 Å². The summed E-state index contributed by atoms with van der Waals surface area (Å²) in [6.45, 7) is 9.10. The fraction of sp³-hybridized carbons (Fsp3) is 0.483. The molecule has 38 heavy (non-hydrogen) atoms. The highest BCUT2D eigenvalue weighted by atomic mass is 16.6. The molecular weight excluding hydrogens is 478 g/mol. The lowest BCUT2D eigenvalue weighted by molar-refractivity contribution is 0.0224. The minimum absolute atomic E-state index is 0.287. The minimum Gasteiger partial charge on any atom is -0.444 e. The summed E-state index contributed by atoms with van der Waals surface area (Å²) in [6.07, 6.45) is 12.7. The highest BCUT2D eigenvalue weighted by molar-refractivity contribution is 6.06. The average molecular weight is 514 g/mol. The summed E-state index contributed by atoms with van der Waals surface area (Å²) in [5.41, 5.74) is 3.75. The van der Waals surface area contributed by atoms with Crippen molar-refractivity contribution in [2.45, 2.75) is 78.0 Å². The van der Waals surface area contributed by atoms with E-state index in [-0.39, 0.29) is 6.09 Å². The zero-order chi connectivity index (χ0) is 26.4. The first kappa shape index (κ1) is 24.6. The second-order valence-electron chi connectivity index (χ2n) is 11.7. The largest absolute Gasteiger partial charge is 0.444 e. The predicted octanol–water partition coefficient (Wildman–Crippen LogP) is 6.16. The smallest absolute Gasteiger partial charge is 0.410 e. The van der Waals surface area contributed by atoms with Crippen LogP contribution < -0.4 is 5.32 Å². The molecule has 0 saturated heterocycles. The second kappa shape index (κ2) is 9.53. The van der Waals surface area contributed by atoms with Crippen molar-refractivity contribution in [3.05, 3.63) is 48.0 Å². The van der Waals surface area contributed by atoms with Gasteiger partial charge < -0.3 is 19.5 Å². The molecular formula is C29H35N7O2. The number of nitrogens with one attached hydrogen (secondary N) is 1. The van der Waals surface area contributed by atoms with E-state index in [0.29, 0.717) is 30.9 Å². The third kappa shape index (κ3) is 4.77. The van der Waals surface area contributed by atoms with Gasteiger partial charge in [-0.3, -0.25) is 4.98 Å². The van der Waals surface area contributed by atoms with Crippen LogP contribution in [0.4, 0.5) is 16.6 Å². The van der Waals surface area contributed by atoms with E-state index in [1.165, 1.54) is 18.4 Å². The zero-order valence-corrected chi connectivity index (χ0v) is 22.6. The maximum atomic E-state index is 12.5. The number of hydrogen-bond acceptors (Lipinski definition) is 7. The SMILES string of the molecule is CC1CCC(n2c3cnccc3c3cnc(Nc4cc5c(cn4)CN(C(=O)OC(C)(C)C)CC5)nc32)CC1. The fourth-order valence-corrected chi connectivity index (χ4v) is 5.70. The number of fused-ring (bicyclic) bond motifs is 4. The number of nitrogens with zero attached hydrogens (tertiary/aromatic N) is 6. The van der Waals surface area contributed by atoms with Crippen molar-refractivity contribution in [2.75, 3.05) is 11.9 Å². The lowest BCUT2D eigenvalue weighted by Crippen LogP contribution is -2.39. The standard InChI is InChI=1S/C29H35N7O2/c1-18-5-7-21(8-6-18)36-24-16-30-11-9-22(24)23-15-32-27(34-26(23)36)33-25-13-19-10-12-35(17-20(19)14-31-25)28(37)38-29(2,3)4/h9,11,13-16,18,21H,5-8,10,12,17H2,1-4H3,(H,31,32,33,34). The molecule has 1 saturated carbocycles. The van der Waals surface area contributed by atoms with Gasteiger partial charge in [0.05, 0.1) is 18.3 Å². The Morgan fingerprint density at radius 3 is 2.66 bits per heavy atom. The van der Waals surface area contributed by atoms with Crippen LogP contribution in [0.3, 0.4) is 0 Å². The van der Waals surface area contributed by atoms with Crippen LogP contribution in [0.2, 0.25) is 0 Å². The number of aromatic nitrogens is 5. The normalized spacial score (nSPS) is 19.9. The first-order valence-electron chi connectivity index (χ1n) is 13.6. The third-order valence-corrected chi connectivity index (χ3v) is 7.68. The van der Waals surface area contributed by atoms with Gasteiger partial charge in [0, 0.05) is 41.9 Å². The van der Waals surface area contributed by atoms with Crippen LogP contribution in [0.1, 0.15) is 70.5 Å². The van der Waals surface area contributed by atoms with Crippen molar-refractivity contribution < 1.29 is 9.53 Å². The summed E-state index contributed by atoms with van der Waals surface area (Å²) in [5.74, 6) is 2.00. The van der Waals surface area contributed by atoms with Gasteiger partial charge in [-0.15, -0.1) is 0 Å². The Kier molecular flexibility index (Phi) is 6.16. The van der Waals surface area contributed by atoms with Gasteiger partial charge in [-0.25, -0.2) is 14.8 Å². The first-order valence-corrected chi connectivity index (χ1v) is 13.6. The van der Waals surface area contributed by atoms with Gasteiger partial charge in [-0.05, 0) is 82.1 Å². The number of rotatable bonds is 3. The molecule has 198 valence electrons. The monoisotopic (exact) mass is 513 g/mol. The molecule has 9 heteroatoms. The molecule has 6 rings (SSSR count). The number of hydrogen-bond donors (Lipinski definition) is 1. The Hall–Kier alpha value is -3.75. The molecule has 1 aliphatic heterocycles. The summed E-state index contributed by atoms with van der Waals surface area (Å²) < 4.78 is 7.92. The van der Waals surface area contributed by atoms with E-state index in [1.54, 1.807) is 4.90 Å².